The van der Waals surface area contributed by atoms with Gasteiger partial charge in [-0.2, -0.15) is 0 Å². The minimum atomic E-state index is -1.13. The third kappa shape index (κ3) is 5.13. The third-order valence-corrected chi connectivity index (χ3v) is 3.49. The van der Waals surface area contributed by atoms with E-state index in [0.717, 1.165) is 12.8 Å². The number of hydrogen-bond donors (Lipinski definition) is 3. The number of halogens is 1. The zero-order valence-electron chi connectivity index (χ0n) is 11.8. The number of amides is 2. The van der Waals surface area contributed by atoms with Crippen LogP contribution in [0.15, 0.2) is 0 Å². The maximum absolute atomic E-state index is 12.6. The van der Waals surface area contributed by atoms with Gasteiger partial charge in [0.15, 0.2) is 5.78 Å². The molecule has 118 valence electrons. The normalized spacial score (nSPS) is 18.9. The lowest BCUT2D eigenvalue weighted by atomic mass is 10.1. The van der Waals surface area contributed by atoms with Crippen LogP contribution in [-0.2, 0) is 14.4 Å². The number of carbonyl (C=O) groups excluding carboxylic acids is 3. The average Bonchev–Trinajstić information content (AvgIpc) is 2.98. The Hall–Kier alpha value is -1.99. The van der Waals surface area contributed by atoms with E-state index in [9.17, 15) is 18.8 Å². The van der Waals surface area contributed by atoms with E-state index in [-0.39, 0.29) is 0 Å². The molecule has 0 radical (unpaired) electrons. The van der Waals surface area contributed by atoms with Crippen LogP contribution in [0.5, 0.6) is 0 Å². The molecule has 0 bridgehead atoms. The largest absolute Gasteiger partial charge is 0.377 e. The molecule has 2 unspecified atom stereocenters. The SMILES string of the molecule is N=CNCCCC(NC(=O)C1CCCN1C=O)C(=O)CF. The molecule has 1 fully saturated rings. The number of nitrogens with zero attached hydrogens (tertiary/aromatic N) is 1. The van der Waals surface area contributed by atoms with Crippen molar-refractivity contribution in [3.8, 4) is 0 Å². The minimum Gasteiger partial charge on any atom is -0.377 e. The van der Waals surface area contributed by atoms with Crippen molar-refractivity contribution in [1.29, 1.82) is 5.41 Å². The Balaban J connectivity index is 2.54. The van der Waals surface area contributed by atoms with Crippen LogP contribution in [0, 0.1) is 5.41 Å². The van der Waals surface area contributed by atoms with E-state index in [4.69, 9.17) is 5.41 Å². The second-order valence-electron chi connectivity index (χ2n) is 4.90. The summed E-state index contributed by atoms with van der Waals surface area (Å²) in [4.78, 5) is 35.9. The first-order valence-electron chi connectivity index (χ1n) is 6.96. The minimum absolute atomic E-state index is 0.295. The maximum atomic E-state index is 12.6. The van der Waals surface area contributed by atoms with Crippen LogP contribution in [0.25, 0.3) is 0 Å². The molecule has 3 N–H and O–H groups in total. The molecule has 2 atom stereocenters. The van der Waals surface area contributed by atoms with Crippen molar-refractivity contribution in [1.82, 2.24) is 15.5 Å². The molecule has 1 heterocycles. The summed E-state index contributed by atoms with van der Waals surface area (Å²) in [7, 11) is 0. The summed E-state index contributed by atoms with van der Waals surface area (Å²) in [6.45, 7) is -0.142. The molecular formula is C13H21FN4O3. The van der Waals surface area contributed by atoms with Gasteiger partial charge < -0.3 is 15.5 Å². The van der Waals surface area contributed by atoms with Gasteiger partial charge in [-0.25, -0.2) is 4.39 Å². The molecule has 1 aliphatic heterocycles. The van der Waals surface area contributed by atoms with Crippen LogP contribution in [0.4, 0.5) is 4.39 Å². The molecule has 0 aromatic heterocycles. The molecule has 1 saturated heterocycles. The maximum Gasteiger partial charge on any atom is 0.243 e. The summed E-state index contributed by atoms with van der Waals surface area (Å²) in [5.74, 6) is -1.08. The third-order valence-electron chi connectivity index (χ3n) is 3.49. The van der Waals surface area contributed by atoms with Crippen molar-refractivity contribution in [3.63, 3.8) is 0 Å². The van der Waals surface area contributed by atoms with Gasteiger partial charge in [0, 0.05) is 13.1 Å². The summed E-state index contributed by atoms with van der Waals surface area (Å²) in [5, 5.41) is 12.0. The second kappa shape index (κ2) is 9.04. The fourth-order valence-corrected chi connectivity index (χ4v) is 2.35. The van der Waals surface area contributed by atoms with Crippen LogP contribution in [0.2, 0.25) is 0 Å². The van der Waals surface area contributed by atoms with Crippen molar-refractivity contribution in [2.45, 2.75) is 37.8 Å². The topological polar surface area (TPSA) is 102 Å². The van der Waals surface area contributed by atoms with Gasteiger partial charge >= 0.3 is 0 Å². The van der Waals surface area contributed by atoms with Gasteiger partial charge in [-0.1, -0.05) is 0 Å². The Bertz CT molecular complexity index is 392. The summed E-state index contributed by atoms with van der Waals surface area (Å²) >= 11 is 0. The number of Topliss-reactive ketones (excluding diaryl/α,β-unsaturated/α-hetero) is 1. The molecule has 21 heavy (non-hydrogen) atoms. The van der Waals surface area contributed by atoms with E-state index in [1.54, 1.807) is 0 Å². The smallest absolute Gasteiger partial charge is 0.243 e. The molecule has 1 aliphatic rings. The van der Waals surface area contributed by atoms with Crippen LogP contribution in [0.1, 0.15) is 25.7 Å². The van der Waals surface area contributed by atoms with Gasteiger partial charge in [-0.3, -0.25) is 19.8 Å². The Kier molecular flexibility index (Phi) is 7.34. The number of likely N-dealkylation sites (tertiary alicyclic amines) is 1. The number of carbonyl (C=O) groups is 3. The molecule has 0 spiro atoms. The molecule has 0 saturated carbocycles. The Morgan fingerprint density at radius 1 is 1.48 bits per heavy atom. The van der Waals surface area contributed by atoms with Gasteiger partial charge in [0.25, 0.3) is 0 Å². The molecule has 7 nitrogen and oxygen atoms in total. The van der Waals surface area contributed by atoms with Gasteiger partial charge in [-0.05, 0) is 25.7 Å². The van der Waals surface area contributed by atoms with E-state index in [2.05, 4.69) is 10.6 Å². The lowest BCUT2D eigenvalue weighted by Crippen LogP contribution is -2.49. The van der Waals surface area contributed by atoms with E-state index in [1.807, 2.05) is 0 Å². The highest BCUT2D eigenvalue weighted by Gasteiger charge is 2.32. The van der Waals surface area contributed by atoms with Crippen molar-refractivity contribution in [3.05, 3.63) is 0 Å². The van der Waals surface area contributed by atoms with Gasteiger partial charge in [0.1, 0.15) is 12.7 Å². The second-order valence-corrected chi connectivity index (χ2v) is 4.90. The van der Waals surface area contributed by atoms with Crippen molar-refractivity contribution >= 4 is 24.4 Å². The predicted molar refractivity (Wildman–Crippen MR) is 74.7 cm³/mol. The summed E-state index contributed by atoms with van der Waals surface area (Å²) < 4.78 is 12.6. The number of rotatable bonds is 10. The van der Waals surface area contributed by atoms with Crippen molar-refractivity contribution < 1.29 is 18.8 Å². The fraction of sp³-hybridized carbons (Fsp3) is 0.692. The molecule has 8 heteroatoms. The molecule has 0 aromatic rings. The first-order valence-corrected chi connectivity index (χ1v) is 6.96. The molecule has 0 aliphatic carbocycles. The van der Waals surface area contributed by atoms with Crippen LogP contribution in [0.3, 0.4) is 0 Å². The van der Waals surface area contributed by atoms with Crippen molar-refractivity contribution in [2.24, 2.45) is 0 Å². The highest BCUT2D eigenvalue weighted by atomic mass is 19.1. The summed E-state index contributed by atoms with van der Waals surface area (Å²) in [5.41, 5.74) is 0. The number of alkyl halides is 1. The monoisotopic (exact) mass is 300 g/mol. The number of hydrogen-bond acceptors (Lipinski definition) is 4. The standard InChI is InChI=1S/C13H21FN4O3/c14-7-12(20)10(3-1-5-16-8-15)17-13(21)11-4-2-6-18(11)9-19/h8-11H,1-7H2,(H2,15,16)(H,17,21). The highest BCUT2D eigenvalue weighted by Crippen LogP contribution is 2.15. The fourth-order valence-electron chi connectivity index (χ4n) is 2.35. The first kappa shape index (κ1) is 17.1. The van der Waals surface area contributed by atoms with E-state index >= 15 is 0 Å². The summed E-state index contributed by atoms with van der Waals surface area (Å²) in [6.07, 6.45) is 3.76. The lowest BCUT2D eigenvalue weighted by Gasteiger charge is -2.23. The van der Waals surface area contributed by atoms with E-state index in [1.165, 1.54) is 4.90 Å². The van der Waals surface area contributed by atoms with Crippen LogP contribution >= 0.6 is 0 Å². The average molecular weight is 300 g/mol. The van der Waals surface area contributed by atoms with Gasteiger partial charge in [0.05, 0.1) is 12.4 Å². The Labute approximate surface area is 122 Å². The van der Waals surface area contributed by atoms with Gasteiger partial charge in [-0.15, -0.1) is 0 Å². The lowest BCUT2D eigenvalue weighted by molar-refractivity contribution is -0.133. The van der Waals surface area contributed by atoms with E-state index < -0.39 is 30.4 Å². The zero-order chi connectivity index (χ0) is 15.7. The summed E-state index contributed by atoms with van der Waals surface area (Å²) in [6, 6.07) is -1.46. The zero-order valence-corrected chi connectivity index (χ0v) is 11.8. The Morgan fingerprint density at radius 3 is 2.86 bits per heavy atom. The Morgan fingerprint density at radius 2 is 2.24 bits per heavy atom. The van der Waals surface area contributed by atoms with Crippen LogP contribution in [-0.4, -0.2) is 61.2 Å². The van der Waals surface area contributed by atoms with Crippen LogP contribution < -0.4 is 10.6 Å². The number of nitrogens with one attached hydrogen (secondary N) is 3. The van der Waals surface area contributed by atoms with Crippen molar-refractivity contribution in [2.75, 3.05) is 19.8 Å². The van der Waals surface area contributed by atoms with E-state index in [0.29, 0.717) is 38.8 Å². The molecule has 0 aromatic carbocycles. The molecule has 1 rings (SSSR count). The molecular weight excluding hydrogens is 279 g/mol. The van der Waals surface area contributed by atoms with Gasteiger partial charge in [0.2, 0.25) is 12.3 Å². The quantitative estimate of drug-likeness (QED) is 0.221. The number of ketones is 1. The highest BCUT2D eigenvalue weighted by molar-refractivity contribution is 5.92. The first-order chi connectivity index (χ1) is 10.1. The molecule has 2 amide bonds. The predicted octanol–water partition coefficient (Wildman–Crippen LogP) is -0.393.